The van der Waals surface area contributed by atoms with Crippen molar-refractivity contribution in [2.75, 3.05) is 17.7 Å². The zero-order chi connectivity index (χ0) is 22.4. The molecule has 0 aliphatic rings. The summed E-state index contributed by atoms with van der Waals surface area (Å²) in [5, 5.41) is 15.6. The predicted octanol–water partition coefficient (Wildman–Crippen LogP) is 4.21. The van der Waals surface area contributed by atoms with Gasteiger partial charge >= 0.3 is 0 Å². The molecule has 1 aromatic heterocycles. The number of anilines is 2. The first-order valence-corrected chi connectivity index (χ1v) is 10.7. The summed E-state index contributed by atoms with van der Waals surface area (Å²) < 4.78 is 15.2. The maximum atomic E-state index is 14.4. The molecule has 31 heavy (non-hydrogen) atoms. The number of hydrogen-bond acceptors (Lipinski definition) is 4. The molecular weight excluding hydrogens is 512 g/mol. The van der Waals surface area contributed by atoms with E-state index in [2.05, 4.69) is 43.5 Å². The van der Waals surface area contributed by atoms with Gasteiger partial charge in [-0.2, -0.15) is 0 Å². The maximum absolute atomic E-state index is 14.4. The Morgan fingerprint density at radius 1 is 1.03 bits per heavy atom. The number of amidine groups is 1. The first-order valence-electron chi connectivity index (χ1n) is 9.21. The SMILES string of the molecule is CNC(=N)c1ccc(C(=O)Nc2ccccc2C(=O)Nc2ccc(CI)cn2)c(F)c1. The van der Waals surface area contributed by atoms with Crippen LogP contribution in [0, 0.1) is 11.2 Å². The van der Waals surface area contributed by atoms with Crippen LogP contribution < -0.4 is 16.0 Å². The predicted molar refractivity (Wildman–Crippen MR) is 127 cm³/mol. The molecule has 0 radical (unpaired) electrons. The Balaban J connectivity index is 1.79. The van der Waals surface area contributed by atoms with Crippen LogP contribution in [0.1, 0.15) is 31.8 Å². The van der Waals surface area contributed by atoms with Gasteiger partial charge in [-0.3, -0.25) is 15.0 Å². The minimum absolute atomic E-state index is 0.0352. The van der Waals surface area contributed by atoms with Gasteiger partial charge in [0.25, 0.3) is 11.8 Å². The number of benzene rings is 2. The second kappa shape index (κ2) is 10.1. The number of hydrogen-bond donors (Lipinski definition) is 4. The zero-order valence-corrected chi connectivity index (χ0v) is 18.7. The quantitative estimate of drug-likeness (QED) is 0.166. The monoisotopic (exact) mass is 531 g/mol. The summed E-state index contributed by atoms with van der Waals surface area (Å²) in [5.74, 6) is -1.51. The molecule has 2 aromatic carbocycles. The second-order valence-electron chi connectivity index (χ2n) is 6.46. The summed E-state index contributed by atoms with van der Waals surface area (Å²) in [5.41, 5.74) is 1.60. The lowest BCUT2D eigenvalue weighted by Gasteiger charge is -2.12. The Morgan fingerprint density at radius 3 is 2.42 bits per heavy atom. The van der Waals surface area contributed by atoms with Gasteiger partial charge in [0.1, 0.15) is 17.5 Å². The molecule has 3 rings (SSSR count). The Hall–Kier alpha value is -3.34. The first-order chi connectivity index (χ1) is 14.9. The minimum Gasteiger partial charge on any atom is -0.373 e. The third-order valence-corrected chi connectivity index (χ3v) is 5.27. The number of carbonyl (C=O) groups excluding carboxylic acids is 2. The summed E-state index contributed by atoms with van der Waals surface area (Å²) >= 11 is 2.22. The molecule has 0 bridgehead atoms. The fraction of sp³-hybridized carbons (Fsp3) is 0.0909. The van der Waals surface area contributed by atoms with Crippen LogP contribution in [-0.4, -0.2) is 29.7 Å². The van der Waals surface area contributed by atoms with Crippen molar-refractivity contribution in [2.45, 2.75) is 4.43 Å². The molecule has 0 atom stereocenters. The lowest BCUT2D eigenvalue weighted by molar-refractivity contribution is 0.102. The van der Waals surface area contributed by atoms with E-state index in [4.69, 9.17) is 5.41 Å². The molecule has 0 unspecified atom stereocenters. The number of para-hydroxylation sites is 1. The van der Waals surface area contributed by atoms with Crippen LogP contribution in [0.15, 0.2) is 60.8 Å². The van der Waals surface area contributed by atoms with Crippen LogP contribution in [-0.2, 0) is 4.43 Å². The number of amides is 2. The van der Waals surface area contributed by atoms with Crippen LogP contribution in [0.5, 0.6) is 0 Å². The molecule has 7 nitrogen and oxygen atoms in total. The van der Waals surface area contributed by atoms with Gasteiger partial charge in [0.05, 0.1) is 16.8 Å². The largest absolute Gasteiger partial charge is 0.373 e. The van der Waals surface area contributed by atoms with E-state index < -0.39 is 17.6 Å². The van der Waals surface area contributed by atoms with E-state index in [9.17, 15) is 14.0 Å². The Labute approximate surface area is 192 Å². The summed E-state index contributed by atoms with van der Waals surface area (Å²) in [7, 11) is 1.55. The van der Waals surface area contributed by atoms with Crippen molar-refractivity contribution in [3.05, 3.63) is 88.9 Å². The van der Waals surface area contributed by atoms with E-state index in [-0.39, 0.29) is 22.6 Å². The standard InChI is InChI=1S/C22H19FIN5O2/c1-26-20(25)14-7-8-15(17(23)10-14)21(30)28-18-5-3-2-4-16(18)22(31)29-19-9-6-13(11-24)12-27-19/h2-10,12H,11H2,1H3,(H2,25,26)(H,28,30)(H,27,29,31). The van der Waals surface area contributed by atoms with Crippen molar-refractivity contribution in [2.24, 2.45) is 0 Å². The third-order valence-electron chi connectivity index (χ3n) is 4.39. The average Bonchev–Trinajstić information content (AvgIpc) is 2.79. The second-order valence-corrected chi connectivity index (χ2v) is 7.22. The molecule has 0 aliphatic carbocycles. The number of rotatable bonds is 6. The number of aromatic nitrogens is 1. The molecule has 2 amide bonds. The highest BCUT2D eigenvalue weighted by molar-refractivity contribution is 14.1. The Morgan fingerprint density at radius 2 is 1.77 bits per heavy atom. The fourth-order valence-corrected chi connectivity index (χ4v) is 3.19. The smallest absolute Gasteiger partial charge is 0.258 e. The van der Waals surface area contributed by atoms with Gasteiger partial charge < -0.3 is 16.0 Å². The van der Waals surface area contributed by atoms with E-state index in [1.54, 1.807) is 43.6 Å². The number of carbonyl (C=O) groups is 2. The molecule has 4 N–H and O–H groups in total. The number of nitrogens with one attached hydrogen (secondary N) is 4. The highest BCUT2D eigenvalue weighted by Gasteiger charge is 2.17. The van der Waals surface area contributed by atoms with E-state index in [0.29, 0.717) is 11.4 Å². The molecule has 0 fully saturated rings. The van der Waals surface area contributed by atoms with E-state index >= 15 is 0 Å². The topological polar surface area (TPSA) is 107 Å². The van der Waals surface area contributed by atoms with E-state index in [1.807, 2.05) is 6.07 Å². The van der Waals surface area contributed by atoms with E-state index in [1.165, 1.54) is 12.1 Å². The Bertz CT molecular complexity index is 1140. The zero-order valence-electron chi connectivity index (χ0n) is 16.5. The molecule has 0 spiro atoms. The van der Waals surface area contributed by atoms with Gasteiger partial charge in [0.2, 0.25) is 0 Å². The molecule has 0 aliphatic heterocycles. The number of alkyl halides is 1. The molecule has 9 heteroatoms. The first kappa shape index (κ1) is 22.3. The summed E-state index contributed by atoms with van der Waals surface area (Å²) in [6, 6.07) is 13.9. The fourth-order valence-electron chi connectivity index (χ4n) is 2.74. The maximum Gasteiger partial charge on any atom is 0.258 e. The molecule has 3 aromatic rings. The van der Waals surface area contributed by atoms with E-state index in [0.717, 1.165) is 16.1 Å². The van der Waals surface area contributed by atoms with Crippen LogP contribution >= 0.6 is 22.6 Å². The summed E-state index contributed by atoms with van der Waals surface area (Å²) in [4.78, 5) is 29.5. The van der Waals surface area contributed by atoms with Crippen molar-refractivity contribution < 1.29 is 14.0 Å². The third kappa shape index (κ3) is 5.43. The lowest BCUT2D eigenvalue weighted by Crippen LogP contribution is -2.21. The van der Waals surface area contributed by atoms with Gasteiger partial charge in [-0.25, -0.2) is 9.37 Å². The molecule has 1 heterocycles. The molecule has 0 saturated carbocycles. The van der Waals surface area contributed by atoms with Crippen LogP contribution in [0.3, 0.4) is 0 Å². The normalized spacial score (nSPS) is 10.3. The highest BCUT2D eigenvalue weighted by atomic mass is 127. The van der Waals surface area contributed by atoms with Crippen LogP contribution in [0.2, 0.25) is 0 Å². The summed E-state index contributed by atoms with van der Waals surface area (Å²) in [6.07, 6.45) is 1.68. The van der Waals surface area contributed by atoms with Gasteiger partial charge in [0.15, 0.2) is 0 Å². The van der Waals surface area contributed by atoms with Crippen molar-refractivity contribution in [3.63, 3.8) is 0 Å². The van der Waals surface area contributed by atoms with Crippen LogP contribution in [0.25, 0.3) is 0 Å². The lowest BCUT2D eigenvalue weighted by atomic mass is 10.1. The van der Waals surface area contributed by atoms with Gasteiger partial charge in [0, 0.05) is 23.2 Å². The van der Waals surface area contributed by atoms with Crippen molar-refractivity contribution in [1.82, 2.24) is 10.3 Å². The number of halogens is 2. The van der Waals surface area contributed by atoms with Gasteiger partial charge in [-0.05, 0) is 35.9 Å². The number of nitrogens with zero attached hydrogens (tertiary/aromatic N) is 1. The Kier molecular flexibility index (Phi) is 7.29. The van der Waals surface area contributed by atoms with Crippen molar-refractivity contribution in [1.29, 1.82) is 5.41 Å². The van der Waals surface area contributed by atoms with Crippen molar-refractivity contribution >= 4 is 51.7 Å². The average molecular weight is 531 g/mol. The van der Waals surface area contributed by atoms with Crippen molar-refractivity contribution in [3.8, 4) is 0 Å². The minimum atomic E-state index is -0.767. The molecular formula is C22H19FIN5O2. The summed E-state index contributed by atoms with van der Waals surface area (Å²) in [6.45, 7) is 0. The van der Waals surface area contributed by atoms with Crippen LogP contribution in [0.4, 0.5) is 15.9 Å². The highest BCUT2D eigenvalue weighted by Crippen LogP contribution is 2.19. The number of pyridine rings is 1. The van der Waals surface area contributed by atoms with Gasteiger partial charge in [-0.1, -0.05) is 46.9 Å². The van der Waals surface area contributed by atoms with Gasteiger partial charge in [-0.15, -0.1) is 0 Å². The molecule has 158 valence electrons. The molecule has 0 saturated heterocycles.